The average Bonchev–Trinajstić information content (AvgIpc) is 3.13. The summed E-state index contributed by atoms with van der Waals surface area (Å²) in [4.78, 5) is 12.8. The average molecular weight is 377 g/mol. The van der Waals surface area contributed by atoms with Gasteiger partial charge in [0, 0.05) is 12.2 Å². The molecule has 140 valence electrons. The van der Waals surface area contributed by atoms with E-state index < -0.39 is 16.1 Å². The fraction of sp³-hybridized carbons (Fsp3) is 0.444. The molecule has 1 aromatic carbocycles. The number of hydrogen-bond acceptors (Lipinski definition) is 5. The Bertz CT molecular complexity index is 910. The first-order valence-electron chi connectivity index (χ1n) is 8.54. The fourth-order valence-electron chi connectivity index (χ4n) is 3.52. The van der Waals surface area contributed by atoms with E-state index in [9.17, 15) is 13.2 Å². The molecular weight excluding hydrogens is 354 g/mol. The first-order valence-corrected chi connectivity index (χ1v) is 9.98. The molecular formula is C18H23N3O4S. The maximum Gasteiger partial charge on any atom is 0.249 e. The van der Waals surface area contributed by atoms with Gasteiger partial charge in [-0.2, -0.15) is 4.31 Å². The van der Waals surface area contributed by atoms with Crippen molar-refractivity contribution in [2.24, 2.45) is 0 Å². The van der Waals surface area contributed by atoms with Gasteiger partial charge in [0.1, 0.15) is 16.6 Å². The van der Waals surface area contributed by atoms with Gasteiger partial charge in [0.2, 0.25) is 15.9 Å². The lowest BCUT2D eigenvalue weighted by molar-refractivity contribution is -0.119. The van der Waals surface area contributed by atoms with E-state index in [-0.39, 0.29) is 16.6 Å². The number of carbonyl (C=O) groups is 1. The van der Waals surface area contributed by atoms with Crippen LogP contribution in [0.25, 0.3) is 0 Å². The summed E-state index contributed by atoms with van der Waals surface area (Å²) < 4.78 is 32.4. The maximum atomic E-state index is 13.1. The Kier molecular flexibility index (Phi) is 4.90. The summed E-state index contributed by atoms with van der Waals surface area (Å²) in [7, 11) is -3.84. The van der Waals surface area contributed by atoms with Gasteiger partial charge >= 0.3 is 0 Å². The predicted octanol–water partition coefficient (Wildman–Crippen LogP) is 2.70. The van der Waals surface area contributed by atoms with Crippen molar-refractivity contribution < 1.29 is 17.7 Å². The predicted molar refractivity (Wildman–Crippen MR) is 97.4 cm³/mol. The molecule has 1 aliphatic rings. The largest absolute Gasteiger partial charge is 0.360 e. The Balaban J connectivity index is 1.87. The first-order chi connectivity index (χ1) is 12.2. The number of rotatable bonds is 4. The van der Waals surface area contributed by atoms with Gasteiger partial charge in [-0.15, -0.1) is 0 Å². The van der Waals surface area contributed by atoms with Crippen LogP contribution in [-0.4, -0.2) is 36.4 Å². The Hall–Kier alpha value is -2.19. The number of benzene rings is 1. The Morgan fingerprint density at radius 3 is 2.42 bits per heavy atom. The van der Waals surface area contributed by atoms with Crippen LogP contribution >= 0.6 is 0 Å². The van der Waals surface area contributed by atoms with Crippen molar-refractivity contribution in [3.8, 4) is 0 Å². The normalized spacial score (nSPS) is 18.2. The van der Waals surface area contributed by atoms with E-state index in [4.69, 9.17) is 4.52 Å². The molecule has 1 N–H and O–H groups in total. The molecule has 2 aromatic rings. The minimum absolute atomic E-state index is 0.0589. The highest BCUT2D eigenvalue weighted by Gasteiger charge is 2.41. The Morgan fingerprint density at radius 1 is 1.19 bits per heavy atom. The lowest BCUT2D eigenvalue weighted by atomic mass is 10.1. The van der Waals surface area contributed by atoms with E-state index in [2.05, 4.69) is 10.5 Å². The molecule has 0 aliphatic carbocycles. The zero-order valence-corrected chi connectivity index (χ0v) is 16.2. The molecule has 0 unspecified atom stereocenters. The molecule has 1 atom stereocenters. The second-order valence-electron chi connectivity index (χ2n) is 6.79. The zero-order valence-electron chi connectivity index (χ0n) is 15.4. The van der Waals surface area contributed by atoms with Gasteiger partial charge in [0.25, 0.3) is 0 Å². The van der Waals surface area contributed by atoms with Crippen molar-refractivity contribution in [2.45, 2.75) is 51.5 Å². The van der Waals surface area contributed by atoms with Gasteiger partial charge in [-0.25, -0.2) is 8.42 Å². The number of sulfonamides is 1. The van der Waals surface area contributed by atoms with Crippen LogP contribution in [0.1, 0.15) is 35.4 Å². The van der Waals surface area contributed by atoms with Crippen LogP contribution in [0.4, 0.5) is 5.69 Å². The summed E-state index contributed by atoms with van der Waals surface area (Å²) in [6.45, 7) is 7.35. The molecule has 3 rings (SSSR count). The lowest BCUT2D eigenvalue weighted by Crippen LogP contribution is -2.43. The summed E-state index contributed by atoms with van der Waals surface area (Å²) in [5.41, 5.74) is 3.05. The third-order valence-electron chi connectivity index (χ3n) is 4.53. The van der Waals surface area contributed by atoms with Crippen LogP contribution in [0, 0.1) is 27.7 Å². The molecule has 0 spiro atoms. The lowest BCUT2D eigenvalue weighted by Gasteiger charge is -2.23. The molecule has 0 radical (unpaired) electrons. The second-order valence-corrected chi connectivity index (χ2v) is 8.62. The van der Waals surface area contributed by atoms with Gasteiger partial charge in [-0.05, 0) is 63.8 Å². The third kappa shape index (κ3) is 3.39. The third-order valence-corrected chi connectivity index (χ3v) is 6.68. The van der Waals surface area contributed by atoms with Crippen molar-refractivity contribution in [3.05, 3.63) is 40.8 Å². The highest BCUT2D eigenvalue weighted by molar-refractivity contribution is 7.89. The number of carbonyl (C=O) groups excluding carboxylic acids is 1. The van der Waals surface area contributed by atoms with Gasteiger partial charge in [-0.3, -0.25) is 4.79 Å². The van der Waals surface area contributed by atoms with E-state index in [1.54, 1.807) is 13.8 Å². The van der Waals surface area contributed by atoms with Crippen molar-refractivity contribution in [2.75, 3.05) is 11.9 Å². The number of amides is 1. The Labute approximate surface area is 153 Å². The highest BCUT2D eigenvalue weighted by atomic mass is 32.2. The van der Waals surface area contributed by atoms with Gasteiger partial charge in [-0.1, -0.05) is 11.2 Å². The molecule has 0 bridgehead atoms. The number of aryl methyl sites for hydroxylation is 4. The van der Waals surface area contributed by atoms with Crippen LogP contribution in [-0.2, 0) is 14.8 Å². The number of nitrogens with zero attached hydrogens (tertiary/aromatic N) is 2. The minimum Gasteiger partial charge on any atom is -0.360 e. The molecule has 0 saturated carbocycles. The number of anilines is 1. The number of aromatic nitrogens is 1. The SMILES string of the molecule is Cc1cc(C)cc(NC(=O)[C@@H]2CCCN2S(=O)(=O)c2c(C)noc2C)c1. The van der Waals surface area contributed by atoms with Crippen molar-refractivity contribution in [3.63, 3.8) is 0 Å². The molecule has 7 nitrogen and oxygen atoms in total. The van der Waals surface area contributed by atoms with Crippen LogP contribution in [0.5, 0.6) is 0 Å². The monoisotopic (exact) mass is 377 g/mol. The van der Waals surface area contributed by atoms with Crippen molar-refractivity contribution >= 4 is 21.6 Å². The summed E-state index contributed by atoms with van der Waals surface area (Å²) in [5.74, 6) is -0.0781. The molecule has 1 fully saturated rings. The van der Waals surface area contributed by atoms with E-state index in [0.717, 1.165) is 11.1 Å². The molecule has 1 aromatic heterocycles. The van der Waals surface area contributed by atoms with E-state index in [1.807, 2.05) is 32.0 Å². The highest BCUT2D eigenvalue weighted by Crippen LogP contribution is 2.30. The minimum atomic E-state index is -3.84. The number of nitrogens with one attached hydrogen (secondary N) is 1. The summed E-state index contributed by atoms with van der Waals surface area (Å²) >= 11 is 0. The quantitative estimate of drug-likeness (QED) is 0.884. The van der Waals surface area contributed by atoms with E-state index in [0.29, 0.717) is 30.8 Å². The molecule has 1 amide bonds. The van der Waals surface area contributed by atoms with Gasteiger partial charge in [0.15, 0.2) is 5.76 Å². The molecule has 1 aliphatic heterocycles. The topological polar surface area (TPSA) is 92.5 Å². The first kappa shape index (κ1) is 18.6. The maximum absolute atomic E-state index is 13.1. The smallest absolute Gasteiger partial charge is 0.249 e. The van der Waals surface area contributed by atoms with Gasteiger partial charge in [0.05, 0.1) is 0 Å². The number of hydrogen-bond donors (Lipinski definition) is 1. The standard InChI is InChI=1S/C18H23N3O4S/c1-11-8-12(2)10-15(9-11)19-18(22)16-6-5-7-21(16)26(23,24)17-13(3)20-25-14(17)4/h8-10,16H,5-7H2,1-4H3,(H,19,22)/t16-/m0/s1. The summed E-state index contributed by atoms with van der Waals surface area (Å²) in [5, 5.41) is 6.59. The molecule has 26 heavy (non-hydrogen) atoms. The van der Waals surface area contributed by atoms with Crippen molar-refractivity contribution in [1.29, 1.82) is 0 Å². The molecule has 1 saturated heterocycles. The van der Waals surface area contributed by atoms with Crippen LogP contribution < -0.4 is 5.32 Å². The van der Waals surface area contributed by atoms with Crippen molar-refractivity contribution in [1.82, 2.24) is 9.46 Å². The Morgan fingerprint density at radius 2 is 1.85 bits per heavy atom. The fourth-order valence-corrected chi connectivity index (χ4v) is 5.47. The van der Waals surface area contributed by atoms with E-state index in [1.165, 1.54) is 4.31 Å². The summed E-state index contributed by atoms with van der Waals surface area (Å²) in [6, 6.07) is 5.01. The summed E-state index contributed by atoms with van der Waals surface area (Å²) in [6.07, 6.45) is 1.12. The second kappa shape index (κ2) is 6.85. The van der Waals surface area contributed by atoms with Crippen LogP contribution in [0.3, 0.4) is 0 Å². The van der Waals surface area contributed by atoms with Gasteiger partial charge < -0.3 is 9.84 Å². The zero-order chi connectivity index (χ0) is 19.1. The van der Waals surface area contributed by atoms with Crippen LogP contribution in [0.2, 0.25) is 0 Å². The van der Waals surface area contributed by atoms with Crippen LogP contribution in [0.15, 0.2) is 27.6 Å². The molecule has 8 heteroatoms. The van der Waals surface area contributed by atoms with E-state index >= 15 is 0 Å². The molecule has 2 heterocycles.